The maximum Gasteiger partial charge on any atom is 0.340 e. The summed E-state index contributed by atoms with van der Waals surface area (Å²) in [5.41, 5.74) is 0.517. The fraction of sp³-hybridized carbons (Fsp3) is 0.429. The van der Waals surface area contributed by atoms with Gasteiger partial charge in [-0.05, 0) is 30.2 Å². The van der Waals surface area contributed by atoms with Gasteiger partial charge in [-0.3, -0.25) is 4.79 Å². The summed E-state index contributed by atoms with van der Waals surface area (Å²) in [5.74, 6) is -2.47. The molecule has 32 heavy (non-hydrogen) atoms. The van der Waals surface area contributed by atoms with Crippen LogP contribution in [0.1, 0.15) is 40.2 Å². The number of carbonyl (C=O) groups excluding carboxylic acids is 2. The van der Waals surface area contributed by atoms with Gasteiger partial charge in [0, 0.05) is 30.1 Å². The van der Waals surface area contributed by atoms with Crippen molar-refractivity contribution < 1.29 is 31.5 Å². The number of nitrogens with zero attached hydrogens (tertiary/aromatic N) is 2. The SMILES string of the molecule is CCN(CC)S(=O)(=O)c1sc2c(c1C(=O)OC)CCN(C(=O)Cc1cc(F)ccc1F)C2. The van der Waals surface area contributed by atoms with E-state index in [4.69, 9.17) is 4.74 Å². The molecule has 3 rings (SSSR count). The first-order valence-electron chi connectivity index (χ1n) is 10.1. The van der Waals surface area contributed by atoms with E-state index in [1.165, 1.54) is 16.3 Å². The smallest absolute Gasteiger partial charge is 0.340 e. The topological polar surface area (TPSA) is 84.0 Å². The van der Waals surface area contributed by atoms with Crippen molar-refractivity contribution in [2.45, 2.75) is 37.4 Å². The highest BCUT2D eigenvalue weighted by Crippen LogP contribution is 2.38. The van der Waals surface area contributed by atoms with E-state index in [0.29, 0.717) is 10.4 Å². The molecule has 1 amide bonds. The second kappa shape index (κ2) is 9.63. The monoisotopic (exact) mass is 486 g/mol. The van der Waals surface area contributed by atoms with Gasteiger partial charge >= 0.3 is 5.97 Å². The molecule has 1 aromatic carbocycles. The van der Waals surface area contributed by atoms with Crippen LogP contribution in [0.2, 0.25) is 0 Å². The molecule has 174 valence electrons. The van der Waals surface area contributed by atoms with E-state index in [9.17, 15) is 26.8 Å². The molecule has 11 heteroatoms. The third-order valence-electron chi connectivity index (χ3n) is 5.40. The van der Waals surface area contributed by atoms with Gasteiger partial charge in [0.2, 0.25) is 5.91 Å². The summed E-state index contributed by atoms with van der Waals surface area (Å²) in [6.07, 6.45) is -0.0693. The summed E-state index contributed by atoms with van der Waals surface area (Å²) >= 11 is 0.946. The predicted molar refractivity (Wildman–Crippen MR) is 115 cm³/mol. The van der Waals surface area contributed by atoms with Crippen LogP contribution in [0, 0.1) is 11.6 Å². The van der Waals surface area contributed by atoms with Crippen molar-refractivity contribution in [3.63, 3.8) is 0 Å². The lowest BCUT2D eigenvalue weighted by atomic mass is 10.0. The number of hydrogen-bond acceptors (Lipinski definition) is 6. The van der Waals surface area contributed by atoms with E-state index in [0.717, 1.165) is 29.5 Å². The summed E-state index contributed by atoms with van der Waals surface area (Å²) < 4.78 is 59.7. The van der Waals surface area contributed by atoms with Crippen LogP contribution < -0.4 is 0 Å². The number of hydrogen-bond donors (Lipinski definition) is 0. The van der Waals surface area contributed by atoms with Crippen molar-refractivity contribution in [1.29, 1.82) is 0 Å². The predicted octanol–water partition coefficient (Wildman–Crippen LogP) is 2.97. The van der Waals surface area contributed by atoms with Gasteiger partial charge in [-0.15, -0.1) is 11.3 Å². The van der Waals surface area contributed by atoms with E-state index >= 15 is 0 Å². The van der Waals surface area contributed by atoms with Crippen molar-refractivity contribution in [2.24, 2.45) is 0 Å². The minimum Gasteiger partial charge on any atom is -0.465 e. The Labute approximate surface area is 189 Å². The molecule has 0 bridgehead atoms. The number of sulfonamides is 1. The second-order valence-electron chi connectivity index (χ2n) is 7.22. The van der Waals surface area contributed by atoms with E-state index in [1.54, 1.807) is 13.8 Å². The standard InChI is InChI=1S/C21H24F2N2O5S2/c1-4-25(5-2)32(28,29)21-19(20(27)30-3)15-8-9-24(12-17(15)31-21)18(26)11-13-10-14(22)6-7-16(13)23/h6-7,10H,4-5,8-9,11-12H2,1-3H3. The number of halogens is 2. The Hall–Kier alpha value is -2.37. The lowest BCUT2D eigenvalue weighted by Crippen LogP contribution is -2.37. The number of fused-ring (bicyclic) bond motifs is 1. The van der Waals surface area contributed by atoms with Crippen LogP contribution in [0.25, 0.3) is 0 Å². The average Bonchev–Trinajstić information content (AvgIpc) is 3.16. The van der Waals surface area contributed by atoms with Crippen molar-refractivity contribution in [2.75, 3.05) is 26.7 Å². The van der Waals surface area contributed by atoms with Crippen molar-refractivity contribution >= 4 is 33.2 Å². The van der Waals surface area contributed by atoms with E-state index in [2.05, 4.69) is 0 Å². The van der Waals surface area contributed by atoms with Crippen LogP contribution in [0.4, 0.5) is 8.78 Å². The molecule has 2 aromatic rings. The van der Waals surface area contributed by atoms with Gasteiger partial charge in [-0.25, -0.2) is 22.0 Å². The maximum absolute atomic E-state index is 13.9. The largest absolute Gasteiger partial charge is 0.465 e. The van der Waals surface area contributed by atoms with Gasteiger partial charge in [-0.2, -0.15) is 4.31 Å². The number of methoxy groups -OCH3 is 1. The Morgan fingerprint density at radius 2 is 1.91 bits per heavy atom. The fourth-order valence-electron chi connectivity index (χ4n) is 3.72. The molecule has 0 saturated heterocycles. The number of carbonyl (C=O) groups is 2. The van der Waals surface area contributed by atoms with Crippen molar-refractivity contribution in [3.8, 4) is 0 Å². The minimum atomic E-state index is -3.92. The highest BCUT2D eigenvalue weighted by molar-refractivity contribution is 7.91. The summed E-state index contributed by atoms with van der Waals surface area (Å²) in [4.78, 5) is 27.2. The zero-order valence-corrected chi connectivity index (χ0v) is 19.6. The van der Waals surface area contributed by atoms with Crippen LogP contribution in [-0.4, -0.2) is 56.2 Å². The molecule has 1 aliphatic heterocycles. The lowest BCUT2D eigenvalue weighted by molar-refractivity contribution is -0.131. The van der Waals surface area contributed by atoms with Gasteiger partial charge < -0.3 is 9.64 Å². The Kier molecular flexibility index (Phi) is 7.31. The summed E-state index contributed by atoms with van der Waals surface area (Å²) in [6.45, 7) is 4.19. The molecule has 0 atom stereocenters. The molecule has 1 aromatic heterocycles. The van der Waals surface area contributed by atoms with Crippen LogP contribution in [0.5, 0.6) is 0 Å². The van der Waals surface area contributed by atoms with Gasteiger partial charge in [0.15, 0.2) is 0 Å². The van der Waals surface area contributed by atoms with E-state index < -0.39 is 33.5 Å². The zero-order chi connectivity index (χ0) is 23.6. The van der Waals surface area contributed by atoms with E-state index in [-0.39, 0.29) is 54.4 Å². The van der Waals surface area contributed by atoms with Crippen LogP contribution in [-0.2, 0) is 38.9 Å². The molecule has 0 N–H and O–H groups in total. The first-order valence-corrected chi connectivity index (χ1v) is 12.3. The first-order chi connectivity index (χ1) is 15.1. The molecule has 0 fully saturated rings. The number of thiophene rings is 1. The van der Waals surface area contributed by atoms with Gasteiger partial charge in [0.05, 0.1) is 25.6 Å². The third-order valence-corrected chi connectivity index (χ3v) is 9.16. The van der Waals surface area contributed by atoms with Gasteiger partial charge in [0.25, 0.3) is 10.0 Å². The second-order valence-corrected chi connectivity index (χ2v) is 10.5. The van der Waals surface area contributed by atoms with Crippen molar-refractivity contribution in [3.05, 3.63) is 51.4 Å². The molecule has 0 aliphatic carbocycles. The van der Waals surface area contributed by atoms with Gasteiger partial charge in [0.1, 0.15) is 15.8 Å². The number of esters is 1. The van der Waals surface area contributed by atoms with Crippen molar-refractivity contribution in [1.82, 2.24) is 9.21 Å². The molecular formula is C21H24F2N2O5S2. The highest BCUT2D eigenvalue weighted by Gasteiger charge is 2.36. The average molecular weight is 487 g/mol. The van der Waals surface area contributed by atoms with Crippen LogP contribution >= 0.6 is 11.3 Å². The van der Waals surface area contributed by atoms with Crippen LogP contribution in [0.3, 0.4) is 0 Å². The molecular weight excluding hydrogens is 462 g/mol. The number of benzene rings is 1. The van der Waals surface area contributed by atoms with Crippen LogP contribution in [0.15, 0.2) is 22.4 Å². The molecule has 7 nitrogen and oxygen atoms in total. The minimum absolute atomic E-state index is 0.0164. The number of amides is 1. The molecule has 0 unspecified atom stereocenters. The lowest BCUT2D eigenvalue weighted by Gasteiger charge is -2.27. The zero-order valence-electron chi connectivity index (χ0n) is 18.0. The molecule has 0 radical (unpaired) electrons. The number of ether oxygens (including phenoxy) is 1. The quantitative estimate of drug-likeness (QED) is 0.562. The number of rotatable bonds is 7. The normalized spacial score (nSPS) is 13.9. The molecule has 1 aliphatic rings. The Morgan fingerprint density at radius 1 is 1.22 bits per heavy atom. The summed E-state index contributed by atoms with van der Waals surface area (Å²) in [6, 6.07) is 2.94. The van der Waals surface area contributed by atoms with E-state index in [1.807, 2.05) is 0 Å². The Bertz CT molecular complexity index is 1140. The highest BCUT2D eigenvalue weighted by atomic mass is 32.2. The fourth-order valence-corrected chi connectivity index (χ4v) is 7.21. The summed E-state index contributed by atoms with van der Waals surface area (Å²) in [7, 11) is -2.73. The third kappa shape index (κ3) is 4.55. The first kappa shape index (κ1) is 24.3. The maximum atomic E-state index is 13.9. The summed E-state index contributed by atoms with van der Waals surface area (Å²) in [5, 5.41) is 0. The molecule has 0 saturated carbocycles. The Balaban J connectivity index is 1.94. The molecule has 0 spiro atoms. The van der Waals surface area contributed by atoms with Gasteiger partial charge in [-0.1, -0.05) is 13.8 Å². The Morgan fingerprint density at radius 3 is 2.53 bits per heavy atom. The molecule has 2 heterocycles.